The minimum atomic E-state index is -0.256. The molecule has 1 saturated heterocycles. The van der Waals surface area contributed by atoms with E-state index in [1.54, 1.807) is 12.3 Å². The van der Waals surface area contributed by atoms with Gasteiger partial charge in [-0.1, -0.05) is 18.2 Å². The second-order valence-corrected chi connectivity index (χ2v) is 6.52. The maximum Gasteiger partial charge on any atom is 0.315 e. The van der Waals surface area contributed by atoms with E-state index in [-0.39, 0.29) is 11.8 Å². The Kier molecular flexibility index (Phi) is 6.41. The van der Waals surface area contributed by atoms with Crippen LogP contribution in [0.4, 0.5) is 15.0 Å². The van der Waals surface area contributed by atoms with Gasteiger partial charge in [-0.25, -0.2) is 14.2 Å². The van der Waals surface area contributed by atoms with E-state index in [4.69, 9.17) is 0 Å². The van der Waals surface area contributed by atoms with Crippen molar-refractivity contribution in [1.82, 2.24) is 15.6 Å². The van der Waals surface area contributed by atoms with Gasteiger partial charge in [-0.15, -0.1) is 0 Å². The van der Waals surface area contributed by atoms with E-state index in [0.29, 0.717) is 19.5 Å². The molecule has 6 heteroatoms. The highest BCUT2D eigenvalue weighted by Crippen LogP contribution is 2.21. The molecule has 0 radical (unpaired) electrons. The number of amides is 2. The zero-order valence-electron chi connectivity index (χ0n) is 14.9. The molecule has 3 rings (SSSR count). The van der Waals surface area contributed by atoms with E-state index in [1.165, 1.54) is 31.4 Å². The highest BCUT2D eigenvalue weighted by atomic mass is 19.1. The molecule has 2 heterocycles. The molecule has 1 aliphatic rings. The summed E-state index contributed by atoms with van der Waals surface area (Å²) in [6.07, 6.45) is 6.03. The number of nitrogens with zero attached hydrogens (tertiary/aromatic N) is 2. The lowest BCUT2D eigenvalue weighted by molar-refractivity contribution is 0.240. The Morgan fingerprint density at radius 2 is 1.96 bits per heavy atom. The van der Waals surface area contributed by atoms with E-state index < -0.39 is 0 Å². The molecule has 1 aromatic heterocycles. The van der Waals surface area contributed by atoms with E-state index in [0.717, 1.165) is 30.0 Å². The number of rotatable bonds is 6. The summed E-state index contributed by atoms with van der Waals surface area (Å²) in [5, 5.41) is 5.70. The van der Waals surface area contributed by atoms with Gasteiger partial charge in [0.1, 0.15) is 11.6 Å². The Morgan fingerprint density at radius 1 is 1.12 bits per heavy atom. The van der Waals surface area contributed by atoms with Crippen molar-refractivity contribution in [2.75, 3.05) is 24.5 Å². The van der Waals surface area contributed by atoms with Crippen LogP contribution < -0.4 is 15.5 Å². The molecule has 1 aliphatic heterocycles. The Morgan fingerprint density at radius 3 is 2.77 bits per heavy atom. The largest absolute Gasteiger partial charge is 0.356 e. The van der Waals surface area contributed by atoms with Gasteiger partial charge in [0, 0.05) is 37.9 Å². The van der Waals surface area contributed by atoms with Crippen molar-refractivity contribution >= 4 is 11.8 Å². The number of carbonyl (C=O) groups is 1. The molecule has 1 aromatic carbocycles. The minimum Gasteiger partial charge on any atom is -0.356 e. The molecule has 2 amide bonds. The van der Waals surface area contributed by atoms with Crippen LogP contribution in [0.25, 0.3) is 0 Å². The van der Waals surface area contributed by atoms with Crippen molar-refractivity contribution < 1.29 is 9.18 Å². The molecule has 0 atom stereocenters. The number of hydrogen-bond acceptors (Lipinski definition) is 3. The second kappa shape index (κ2) is 9.17. The number of halogens is 1. The van der Waals surface area contributed by atoms with Gasteiger partial charge in [-0.05, 0) is 49.4 Å². The predicted octanol–water partition coefficient (Wildman–Crippen LogP) is 3.25. The van der Waals surface area contributed by atoms with E-state index in [1.807, 2.05) is 18.2 Å². The summed E-state index contributed by atoms with van der Waals surface area (Å²) in [7, 11) is 0. The lowest BCUT2D eigenvalue weighted by Gasteiger charge is -2.29. The number of piperidine rings is 1. The van der Waals surface area contributed by atoms with Crippen molar-refractivity contribution in [2.24, 2.45) is 0 Å². The summed E-state index contributed by atoms with van der Waals surface area (Å²) in [5.74, 6) is 0.709. The molecule has 0 bridgehead atoms. The van der Waals surface area contributed by atoms with Crippen LogP contribution in [-0.4, -0.2) is 30.6 Å². The van der Waals surface area contributed by atoms with Crippen LogP contribution in [0.2, 0.25) is 0 Å². The van der Waals surface area contributed by atoms with Gasteiger partial charge in [0.2, 0.25) is 0 Å². The maximum absolute atomic E-state index is 13.1. The summed E-state index contributed by atoms with van der Waals surface area (Å²) >= 11 is 0. The molecule has 26 heavy (non-hydrogen) atoms. The summed E-state index contributed by atoms with van der Waals surface area (Å²) in [6, 6.07) is 10.1. The van der Waals surface area contributed by atoms with Crippen LogP contribution >= 0.6 is 0 Å². The van der Waals surface area contributed by atoms with Gasteiger partial charge in [0.15, 0.2) is 0 Å². The monoisotopic (exact) mass is 356 g/mol. The molecule has 2 aromatic rings. The molecule has 1 fully saturated rings. The first-order valence-corrected chi connectivity index (χ1v) is 9.17. The highest BCUT2D eigenvalue weighted by Gasteiger charge is 2.15. The number of carbonyl (C=O) groups excluding carboxylic acids is 1. The average molecular weight is 356 g/mol. The maximum atomic E-state index is 13.1. The van der Waals surface area contributed by atoms with Gasteiger partial charge in [-0.3, -0.25) is 0 Å². The number of aromatic nitrogens is 1. The molecule has 138 valence electrons. The Labute approximate surface area is 153 Å². The zero-order chi connectivity index (χ0) is 18.2. The number of pyridine rings is 1. The zero-order valence-corrected chi connectivity index (χ0v) is 14.9. The standard InChI is InChI=1S/C20H25FN4O/c21-18-8-4-6-16(14-18)9-11-23-20(26)24-15-17-7-5-10-22-19(17)25-12-2-1-3-13-25/h4-8,10,14H,1-3,9,11-13,15H2,(H2,23,24,26). The Balaban J connectivity index is 1.47. The number of urea groups is 1. The number of nitrogens with one attached hydrogen (secondary N) is 2. The summed E-state index contributed by atoms with van der Waals surface area (Å²) in [5.41, 5.74) is 1.89. The molecule has 0 aliphatic carbocycles. The third-order valence-corrected chi connectivity index (χ3v) is 4.55. The highest BCUT2D eigenvalue weighted by molar-refractivity contribution is 5.74. The van der Waals surface area contributed by atoms with E-state index in [2.05, 4.69) is 20.5 Å². The van der Waals surface area contributed by atoms with Gasteiger partial charge >= 0.3 is 6.03 Å². The normalized spacial score (nSPS) is 14.1. The molecule has 0 spiro atoms. The lowest BCUT2D eigenvalue weighted by atomic mass is 10.1. The van der Waals surface area contributed by atoms with Crippen LogP contribution in [0.3, 0.4) is 0 Å². The Bertz CT molecular complexity index is 731. The predicted molar refractivity (Wildman–Crippen MR) is 101 cm³/mol. The summed E-state index contributed by atoms with van der Waals surface area (Å²) in [6.45, 7) is 2.93. The van der Waals surface area contributed by atoms with E-state index >= 15 is 0 Å². The van der Waals surface area contributed by atoms with Gasteiger partial charge < -0.3 is 15.5 Å². The molecular weight excluding hydrogens is 331 g/mol. The van der Waals surface area contributed by atoms with Crippen molar-refractivity contribution in [3.63, 3.8) is 0 Å². The summed E-state index contributed by atoms with van der Waals surface area (Å²) < 4.78 is 13.1. The SMILES string of the molecule is O=C(NCCc1cccc(F)c1)NCc1cccnc1N1CCCCC1. The molecular formula is C20H25FN4O. The van der Waals surface area contributed by atoms with Crippen molar-refractivity contribution in [2.45, 2.75) is 32.2 Å². The van der Waals surface area contributed by atoms with Crippen LogP contribution in [0.5, 0.6) is 0 Å². The first-order chi connectivity index (χ1) is 12.7. The average Bonchev–Trinajstić information content (AvgIpc) is 2.67. The number of anilines is 1. The van der Waals surface area contributed by atoms with E-state index in [9.17, 15) is 9.18 Å². The smallest absolute Gasteiger partial charge is 0.315 e. The fourth-order valence-corrected chi connectivity index (χ4v) is 3.21. The quantitative estimate of drug-likeness (QED) is 0.835. The van der Waals surface area contributed by atoms with Crippen molar-refractivity contribution in [3.05, 3.63) is 59.5 Å². The summed E-state index contributed by atoms with van der Waals surface area (Å²) in [4.78, 5) is 18.8. The Hall–Kier alpha value is -2.63. The van der Waals surface area contributed by atoms with Gasteiger partial charge in [0.25, 0.3) is 0 Å². The first-order valence-electron chi connectivity index (χ1n) is 9.17. The third-order valence-electron chi connectivity index (χ3n) is 4.55. The fourth-order valence-electron chi connectivity index (χ4n) is 3.21. The van der Waals surface area contributed by atoms with Crippen LogP contribution in [0.15, 0.2) is 42.6 Å². The van der Waals surface area contributed by atoms with Gasteiger partial charge in [-0.2, -0.15) is 0 Å². The van der Waals surface area contributed by atoms with Crippen LogP contribution in [0.1, 0.15) is 30.4 Å². The lowest BCUT2D eigenvalue weighted by Crippen LogP contribution is -2.37. The van der Waals surface area contributed by atoms with Crippen LogP contribution in [0, 0.1) is 5.82 Å². The van der Waals surface area contributed by atoms with Crippen molar-refractivity contribution in [1.29, 1.82) is 0 Å². The topological polar surface area (TPSA) is 57.3 Å². The fraction of sp³-hybridized carbons (Fsp3) is 0.400. The third kappa shape index (κ3) is 5.18. The first kappa shape index (κ1) is 18.2. The minimum absolute atomic E-state index is 0.227. The van der Waals surface area contributed by atoms with Gasteiger partial charge in [0.05, 0.1) is 0 Å². The molecule has 0 saturated carbocycles. The van der Waals surface area contributed by atoms with Crippen molar-refractivity contribution in [3.8, 4) is 0 Å². The number of benzene rings is 1. The van der Waals surface area contributed by atoms with Crippen LogP contribution in [-0.2, 0) is 13.0 Å². The molecule has 5 nitrogen and oxygen atoms in total. The molecule has 0 unspecified atom stereocenters. The molecule has 2 N–H and O–H groups in total. The second-order valence-electron chi connectivity index (χ2n) is 6.52. The number of hydrogen-bond donors (Lipinski definition) is 2.